The summed E-state index contributed by atoms with van der Waals surface area (Å²) in [5.74, 6) is 0.116. The minimum Gasteiger partial charge on any atom is -0.384 e. The first-order chi connectivity index (χ1) is 8.41. The average molecular weight is 249 g/mol. The number of nitrogens with zero attached hydrogens (tertiary/aromatic N) is 1. The van der Waals surface area contributed by atoms with Crippen LogP contribution in [0, 0.1) is 12.3 Å². The normalized spacial score (nSPS) is 10.7. The maximum absolute atomic E-state index is 7.46. The summed E-state index contributed by atoms with van der Waals surface area (Å²) in [5, 5.41) is 7.46. The van der Waals surface area contributed by atoms with Gasteiger partial charge in [-0.1, -0.05) is 0 Å². The number of likely N-dealkylation sites (N-methyl/N-ethyl adjacent to an activating group) is 1. The summed E-state index contributed by atoms with van der Waals surface area (Å²) >= 11 is 0. The third-order valence-corrected chi connectivity index (χ3v) is 2.82. The Labute approximate surface area is 109 Å². The molecule has 1 aromatic rings. The Balaban J connectivity index is 2.66. The molecule has 4 heteroatoms. The highest BCUT2D eigenvalue weighted by Gasteiger charge is 2.06. The molecule has 0 radical (unpaired) electrons. The molecular formula is C14H23N3O. The van der Waals surface area contributed by atoms with Crippen molar-refractivity contribution in [2.45, 2.75) is 26.9 Å². The van der Waals surface area contributed by atoms with Gasteiger partial charge < -0.3 is 15.4 Å². The Kier molecular flexibility index (Phi) is 5.16. The van der Waals surface area contributed by atoms with Crippen molar-refractivity contribution in [1.29, 1.82) is 5.41 Å². The van der Waals surface area contributed by atoms with Crippen molar-refractivity contribution in [3.63, 3.8) is 0 Å². The zero-order valence-corrected chi connectivity index (χ0v) is 11.7. The largest absolute Gasteiger partial charge is 0.384 e. The van der Waals surface area contributed by atoms with Crippen molar-refractivity contribution in [2.24, 2.45) is 5.73 Å². The molecular weight excluding hydrogens is 226 g/mol. The monoisotopic (exact) mass is 249 g/mol. The van der Waals surface area contributed by atoms with Crippen LogP contribution >= 0.6 is 0 Å². The second-order valence-corrected chi connectivity index (χ2v) is 4.75. The van der Waals surface area contributed by atoms with E-state index in [0.717, 1.165) is 23.4 Å². The van der Waals surface area contributed by atoms with E-state index >= 15 is 0 Å². The lowest BCUT2D eigenvalue weighted by atomic mass is 10.1. The predicted octanol–water partition coefficient (Wildman–Crippen LogP) is 2.14. The summed E-state index contributed by atoms with van der Waals surface area (Å²) < 4.78 is 5.53. The molecule has 0 aliphatic heterocycles. The van der Waals surface area contributed by atoms with Gasteiger partial charge in [0.15, 0.2) is 0 Å². The standard InChI is InChI=1S/C14H23N3O/c1-10(2)18-8-7-17(4)12-5-6-13(14(15)16)11(3)9-12/h5-6,9-10H,7-8H2,1-4H3,(H3,15,16). The van der Waals surface area contributed by atoms with E-state index in [1.807, 2.05) is 46.0 Å². The molecule has 0 spiro atoms. The SMILES string of the molecule is Cc1cc(N(C)CCOC(C)C)ccc1C(=N)N. The minimum atomic E-state index is 0.116. The molecule has 0 unspecified atom stereocenters. The molecule has 0 amide bonds. The Morgan fingerprint density at radius 1 is 1.44 bits per heavy atom. The van der Waals surface area contributed by atoms with Gasteiger partial charge in [-0.3, -0.25) is 5.41 Å². The smallest absolute Gasteiger partial charge is 0.123 e. The number of amidine groups is 1. The molecule has 1 aromatic carbocycles. The second kappa shape index (κ2) is 6.40. The van der Waals surface area contributed by atoms with Gasteiger partial charge in [0.2, 0.25) is 0 Å². The first kappa shape index (κ1) is 14.5. The highest BCUT2D eigenvalue weighted by molar-refractivity contribution is 5.96. The van der Waals surface area contributed by atoms with Crippen LogP contribution in [0.5, 0.6) is 0 Å². The number of hydrogen-bond acceptors (Lipinski definition) is 3. The van der Waals surface area contributed by atoms with Gasteiger partial charge >= 0.3 is 0 Å². The third-order valence-electron chi connectivity index (χ3n) is 2.82. The van der Waals surface area contributed by atoms with E-state index in [1.54, 1.807) is 0 Å². The summed E-state index contributed by atoms with van der Waals surface area (Å²) in [6, 6.07) is 5.93. The summed E-state index contributed by atoms with van der Waals surface area (Å²) in [6.45, 7) is 7.59. The highest BCUT2D eigenvalue weighted by Crippen LogP contribution is 2.17. The van der Waals surface area contributed by atoms with Crippen LogP contribution in [-0.2, 0) is 4.74 Å². The molecule has 0 saturated heterocycles. The molecule has 0 bridgehead atoms. The highest BCUT2D eigenvalue weighted by atomic mass is 16.5. The van der Waals surface area contributed by atoms with E-state index in [-0.39, 0.29) is 11.9 Å². The number of hydrogen-bond donors (Lipinski definition) is 2. The van der Waals surface area contributed by atoms with Gasteiger partial charge in [-0.2, -0.15) is 0 Å². The van der Waals surface area contributed by atoms with Crippen molar-refractivity contribution in [3.8, 4) is 0 Å². The van der Waals surface area contributed by atoms with Crippen molar-refractivity contribution in [1.82, 2.24) is 0 Å². The number of benzene rings is 1. The number of ether oxygens (including phenoxy) is 1. The van der Waals surface area contributed by atoms with Gasteiger partial charge in [0.1, 0.15) is 5.84 Å². The molecule has 0 saturated carbocycles. The first-order valence-corrected chi connectivity index (χ1v) is 6.19. The van der Waals surface area contributed by atoms with Crippen LogP contribution in [-0.4, -0.2) is 32.1 Å². The number of nitrogens with two attached hydrogens (primary N) is 1. The molecule has 0 aliphatic rings. The third kappa shape index (κ3) is 4.04. The number of anilines is 1. The van der Waals surface area contributed by atoms with Crippen LogP contribution in [0.1, 0.15) is 25.0 Å². The van der Waals surface area contributed by atoms with E-state index in [1.165, 1.54) is 0 Å². The van der Waals surface area contributed by atoms with Crippen molar-refractivity contribution < 1.29 is 4.74 Å². The van der Waals surface area contributed by atoms with Crippen LogP contribution in [0.4, 0.5) is 5.69 Å². The topological polar surface area (TPSA) is 62.3 Å². The molecule has 0 heterocycles. The Bertz CT molecular complexity index is 416. The Morgan fingerprint density at radius 2 is 2.11 bits per heavy atom. The molecule has 0 aromatic heterocycles. The van der Waals surface area contributed by atoms with E-state index in [9.17, 15) is 0 Å². The first-order valence-electron chi connectivity index (χ1n) is 6.19. The zero-order chi connectivity index (χ0) is 13.7. The predicted molar refractivity (Wildman–Crippen MR) is 76.6 cm³/mol. The van der Waals surface area contributed by atoms with Crippen LogP contribution in [0.2, 0.25) is 0 Å². The van der Waals surface area contributed by atoms with Crippen molar-refractivity contribution >= 4 is 11.5 Å². The summed E-state index contributed by atoms with van der Waals surface area (Å²) in [4.78, 5) is 2.14. The summed E-state index contributed by atoms with van der Waals surface area (Å²) in [7, 11) is 2.03. The molecule has 0 fully saturated rings. The van der Waals surface area contributed by atoms with Gasteiger partial charge in [-0.15, -0.1) is 0 Å². The van der Waals surface area contributed by atoms with E-state index in [4.69, 9.17) is 15.9 Å². The molecule has 0 atom stereocenters. The average Bonchev–Trinajstić information content (AvgIpc) is 2.27. The Hall–Kier alpha value is -1.55. The summed E-state index contributed by atoms with van der Waals surface area (Å²) in [5.41, 5.74) is 8.44. The number of nitrogen functional groups attached to an aromatic ring is 1. The van der Waals surface area contributed by atoms with Gasteiger partial charge in [0, 0.05) is 24.8 Å². The van der Waals surface area contributed by atoms with Crippen LogP contribution in [0.3, 0.4) is 0 Å². The van der Waals surface area contributed by atoms with Crippen molar-refractivity contribution in [3.05, 3.63) is 29.3 Å². The molecule has 100 valence electrons. The van der Waals surface area contributed by atoms with E-state index in [0.29, 0.717) is 6.61 Å². The quantitative estimate of drug-likeness (QED) is 0.600. The van der Waals surface area contributed by atoms with Crippen LogP contribution in [0.25, 0.3) is 0 Å². The zero-order valence-electron chi connectivity index (χ0n) is 11.7. The fourth-order valence-corrected chi connectivity index (χ4v) is 1.74. The van der Waals surface area contributed by atoms with Gasteiger partial charge in [-0.25, -0.2) is 0 Å². The maximum Gasteiger partial charge on any atom is 0.123 e. The van der Waals surface area contributed by atoms with E-state index < -0.39 is 0 Å². The lowest BCUT2D eigenvalue weighted by molar-refractivity contribution is 0.0846. The second-order valence-electron chi connectivity index (χ2n) is 4.75. The molecule has 0 aliphatic carbocycles. The fraction of sp³-hybridized carbons (Fsp3) is 0.500. The number of nitrogens with one attached hydrogen (secondary N) is 1. The van der Waals surface area contributed by atoms with Gasteiger partial charge in [0.05, 0.1) is 12.7 Å². The Morgan fingerprint density at radius 3 is 2.61 bits per heavy atom. The lowest BCUT2D eigenvalue weighted by Crippen LogP contribution is -2.24. The minimum absolute atomic E-state index is 0.116. The van der Waals surface area contributed by atoms with Gasteiger partial charge in [0.25, 0.3) is 0 Å². The number of rotatable bonds is 6. The number of aryl methyl sites for hydroxylation is 1. The molecule has 4 nitrogen and oxygen atoms in total. The fourth-order valence-electron chi connectivity index (χ4n) is 1.74. The van der Waals surface area contributed by atoms with Crippen LogP contribution in [0.15, 0.2) is 18.2 Å². The van der Waals surface area contributed by atoms with Gasteiger partial charge in [-0.05, 0) is 44.5 Å². The lowest BCUT2D eigenvalue weighted by Gasteiger charge is -2.21. The maximum atomic E-state index is 7.46. The molecule has 1 rings (SSSR count). The van der Waals surface area contributed by atoms with E-state index in [2.05, 4.69) is 4.90 Å². The summed E-state index contributed by atoms with van der Waals surface area (Å²) in [6.07, 6.45) is 0.264. The molecule has 18 heavy (non-hydrogen) atoms. The van der Waals surface area contributed by atoms with Crippen molar-refractivity contribution in [2.75, 3.05) is 25.1 Å². The molecule has 3 N–H and O–H groups in total. The van der Waals surface area contributed by atoms with Crippen LogP contribution < -0.4 is 10.6 Å².